The number of sulfone groups is 1. The van der Waals surface area contributed by atoms with Gasteiger partial charge in [0.05, 0.1) is 12.4 Å². The number of hydrogen-bond donors (Lipinski definition) is 1. The fourth-order valence-electron chi connectivity index (χ4n) is 1.48. The molecule has 6 heteroatoms. The van der Waals surface area contributed by atoms with E-state index < -0.39 is 15.7 Å². The van der Waals surface area contributed by atoms with E-state index in [2.05, 4.69) is 0 Å². The molecule has 4 nitrogen and oxygen atoms in total. The highest BCUT2D eigenvalue weighted by Gasteiger charge is 2.08. The van der Waals surface area contributed by atoms with Crippen molar-refractivity contribution >= 4 is 9.84 Å². The van der Waals surface area contributed by atoms with Crippen molar-refractivity contribution in [2.24, 2.45) is 5.73 Å². The number of hydrogen-bond acceptors (Lipinski definition) is 4. The van der Waals surface area contributed by atoms with Crippen molar-refractivity contribution in [3.8, 4) is 5.75 Å². The molecule has 0 amide bonds. The first kappa shape index (κ1) is 14.9. The number of nitrogens with two attached hydrogens (primary N) is 1. The van der Waals surface area contributed by atoms with Crippen LogP contribution < -0.4 is 10.5 Å². The third-order valence-electron chi connectivity index (χ3n) is 2.39. The summed E-state index contributed by atoms with van der Waals surface area (Å²) in [6, 6.07) is 4.09. The summed E-state index contributed by atoms with van der Waals surface area (Å²) in [5, 5.41) is 0. The van der Waals surface area contributed by atoms with Gasteiger partial charge in [0.15, 0.2) is 0 Å². The lowest BCUT2D eigenvalue weighted by Gasteiger charge is -2.10. The van der Waals surface area contributed by atoms with Gasteiger partial charge in [-0.25, -0.2) is 12.8 Å². The largest absolute Gasteiger partial charge is 0.493 e. The van der Waals surface area contributed by atoms with Gasteiger partial charge in [-0.2, -0.15) is 0 Å². The van der Waals surface area contributed by atoms with Crippen molar-refractivity contribution < 1.29 is 17.5 Å². The number of ether oxygens (including phenoxy) is 1. The SMILES string of the molecule is C[C@@H](N)c1ccc(OCCCS(C)(=O)=O)cc1F. The lowest BCUT2D eigenvalue weighted by molar-refractivity contribution is 0.315. The summed E-state index contributed by atoms with van der Waals surface area (Å²) in [5.41, 5.74) is 6.02. The molecule has 1 rings (SSSR count). The van der Waals surface area contributed by atoms with Crippen LogP contribution in [-0.4, -0.2) is 27.0 Å². The first-order valence-corrected chi connectivity index (χ1v) is 7.71. The molecule has 0 aliphatic heterocycles. The van der Waals surface area contributed by atoms with Gasteiger partial charge in [0.25, 0.3) is 0 Å². The molecule has 0 unspecified atom stereocenters. The predicted molar refractivity (Wildman–Crippen MR) is 68.8 cm³/mol. The summed E-state index contributed by atoms with van der Waals surface area (Å²) >= 11 is 0. The van der Waals surface area contributed by atoms with E-state index >= 15 is 0 Å². The Morgan fingerprint density at radius 1 is 1.44 bits per heavy atom. The first-order chi connectivity index (χ1) is 8.29. The Kier molecular flexibility index (Phi) is 5.10. The van der Waals surface area contributed by atoms with Gasteiger partial charge in [0, 0.05) is 23.9 Å². The Morgan fingerprint density at radius 2 is 2.11 bits per heavy atom. The van der Waals surface area contributed by atoms with Crippen LogP contribution in [0, 0.1) is 5.82 Å². The van der Waals surface area contributed by atoms with Crippen molar-refractivity contribution in [1.82, 2.24) is 0 Å². The number of rotatable bonds is 6. The molecule has 0 fully saturated rings. The van der Waals surface area contributed by atoms with Gasteiger partial charge >= 0.3 is 0 Å². The molecule has 0 aromatic heterocycles. The maximum Gasteiger partial charge on any atom is 0.147 e. The molecule has 0 saturated carbocycles. The van der Waals surface area contributed by atoms with Crippen LogP contribution in [0.15, 0.2) is 18.2 Å². The lowest BCUT2D eigenvalue weighted by atomic mass is 10.1. The van der Waals surface area contributed by atoms with E-state index in [0.717, 1.165) is 0 Å². The Balaban J connectivity index is 2.52. The minimum Gasteiger partial charge on any atom is -0.493 e. The monoisotopic (exact) mass is 275 g/mol. The zero-order valence-corrected chi connectivity index (χ0v) is 11.3. The molecule has 0 saturated heterocycles. The van der Waals surface area contributed by atoms with Gasteiger partial charge in [-0.1, -0.05) is 6.07 Å². The normalized spacial score (nSPS) is 13.3. The zero-order chi connectivity index (χ0) is 13.8. The van der Waals surface area contributed by atoms with Crippen LogP contribution in [0.25, 0.3) is 0 Å². The maximum atomic E-state index is 13.5. The van der Waals surface area contributed by atoms with Crippen molar-refractivity contribution in [2.45, 2.75) is 19.4 Å². The van der Waals surface area contributed by atoms with Crippen LogP contribution in [-0.2, 0) is 9.84 Å². The second-order valence-corrected chi connectivity index (χ2v) is 6.56. The Bertz CT molecular complexity index is 500. The summed E-state index contributed by atoms with van der Waals surface area (Å²) in [6.07, 6.45) is 1.56. The molecule has 0 spiro atoms. The third kappa shape index (κ3) is 5.01. The van der Waals surface area contributed by atoms with E-state index in [9.17, 15) is 12.8 Å². The molecular weight excluding hydrogens is 257 g/mol. The van der Waals surface area contributed by atoms with Crippen molar-refractivity contribution in [1.29, 1.82) is 0 Å². The molecular formula is C12H18FNO3S. The van der Waals surface area contributed by atoms with Crippen LogP contribution in [0.4, 0.5) is 4.39 Å². The van der Waals surface area contributed by atoms with Crippen LogP contribution in [0.3, 0.4) is 0 Å². The minimum atomic E-state index is -2.98. The number of benzene rings is 1. The van der Waals surface area contributed by atoms with Gasteiger partial charge in [0.2, 0.25) is 0 Å². The second-order valence-electron chi connectivity index (χ2n) is 4.30. The van der Waals surface area contributed by atoms with Gasteiger partial charge in [-0.05, 0) is 19.4 Å². The van der Waals surface area contributed by atoms with E-state index in [-0.39, 0.29) is 18.4 Å². The third-order valence-corrected chi connectivity index (χ3v) is 3.42. The summed E-state index contributed by atoms with van der Waals surface area (Å²) < 4.78 is 40.6. The molecule has 0 aliphatic rings. The van der Waals surface area contributed by atoms with Crippen LogP contribution in [0.1, 0.15) is 24.9 Å². The van der Waals surface area contributed by atoms with Crippen molar-refractivity contribution in [3.63, 3.8) is 0 Å². The first-order valence-electron chi connectivity index (χ1n) is 5.65. The second kappa shape index (κ2) is 6.15. The molecule has 2 N–H and O–H groups in total. The zero-order valence-electron chi connectivity index (χ0n) is 10.5. The topological polar surface area (TPSA) is 69.4 Å². The summed E-state index contributed by atoms with van der Waals surface area (Å²) in [4.78, 5) is 0. The van der Waals surface area contributed by atoms with E-state index in [1.165, 1.54) is 12.3 Å². The van der Waals surface area contributed by atoms with Gasteiger partial charge < -0.3 is 10.5 Å². The highest BCUT2D eigenvalue weighted by Crippen LogP contribution is 2.20. The van der Waals surface area contributed by atoms with Gasteiger partial charge in [0.1, 0.15) is 21.4 Å². The van der Waals surface area contributed by atoms with E-state index in [1.54, 1.807) is 19.1 Å². The molecule has 102 valence electrons. The molecule has 0 heterocycles. The van der Waals surface area contributed by atoms with Crippen LogP contribution >= 0.6 is 0 Å². The molecule has 0 bridgehead atoms. The van der Waals surface area contributed by atoms with Crippen molar-refractivity contribution in [3.05, 3.63) is 29.6 Å². The average molecular weight is 275 g/mol. The fraction of sp³-hybridized carbons (Fsp3) is 0.500. The van der Waals surface area contributed by atoms with Crippen LogP contribution in [0.2, 0.25) is 0 Å². The van der Waals surface area contributed by atoms with E-state index in [1.807, 2.05) is 0 Å². The highest BCUT2D eigenvalue weighted by atomic mass is 32.2. The van der Waals surface area contributed by atoms with Crippen LogP contribution in [0.5, 0.6) is 5.75 Å². The van der Waals surface area contributed by atoms with Crippen molar-refractivity contribution in [2.75, 3.05) is 18.6 Å². The molecule has 0 aliphatic carbocycles. The summed E-state index contributed by atoms with van der Waals surface area (Å²) in [5.74, 6) is 0.0314. The molecule has 0 radical (unpaired) electrons. The predicted octanol–water partition coefficient (Wildman–Crippen LogP) is 1.66. The lowest BCUT2D eigenvalue weighted by Crippen LogP contribution is -2.09. The van der Waals surface area contributed by atoms with Gasteiger partial charge in [-0.15, -0.1) is 0 Å². The Morgan fingerprint density at radius 3 is 2.61 bits per heavy atom. The molecule has 1 atom stereocenters. The standard InChI is InChI=1S/C12H18FNO3S/c1-9(14)11-5-4-10(8-12(11)13)17-6-3-7-18(2,15)16/h4-5,8-9H,3,6-7,14H2,1-2H3/t9-/m1/s1. The molecule has 1 aromatic carbocycles. The smallest absolute Gasteiger partial charge is 0.147 e. The van der Waals surface area contributed by atoms with Gasteiger partial charge in [-0.3, -0.25) is 0 Å². The highest BCUT2D eigenvalue weighted by molar-refractivity contribution is 7.90. The quantitative estimate of drug-likeness (QED) is 0.802. The van der Waals surface area contributed by atoms with E-state index in [0.29, 0.717) is 17.7 Å². The summed E-state index contributed by atoms with van der Waals surface area (Å²) in [7, 11) is -2.98. The maximum absolute atomic E-state index is 13.5. The fourth-order valence-corrected chi connectivity index (χ4v) is 2.12. The van der Waals surface area contributed by atoms with E-state index in [4.69, 9.17) is 10.5 Å². The Labute approximate surface area is 107 Å². The molecule has 1 aromatic rings. The average Bonchev–Trinajstić information content (AvgIpc) is 2.22. The summed E-state index contributed by atoms with van der Waals surface area (Å²) in [6.45, 7) is 1.94. The number of halogens is 1. The molecule has 18 heavy (non-hydrogen) atoms. The minimum absolute atomic E-state index is 0.0629. The Hall–Kier alpha value is -1.14.